The molecule has 0 bridgehead atoms. The number of imidazole rings is 1. The molecule has 1 atom stereocenters. The normalized spacial score (nSPS) is 18.9. The number of nitrogens with zero attached hydrogens (tertiary/aromatic N) is 3. The average Bonchev–Trinajstić information content (AvgIpc) is 3.95. The minimum absolute atomic E-state index is 0.341. The fourth-order valence-electron chi connectivity index (χ4n) is 10.3. The number of allylic oxidation sites excluding steroid dienone is 5. The maximum atomic E-state index is 6.88. The summed E-state index contributed by atoms with van der Waals surface area (Å²) in [6.45, 7) is 15.7. The first-order valence-corrected chi connectivity index (χ1v) is 19.3. The lowest BCUT2D eigenvalue weighted by Crippen LogP contribution is -2.50. The van der Waals surface area contributed by atoms with Crippen LogP contribution < -0.4 is 4.90 Å². The van der Waals surface area contributed by atoms with Crippen LogP contribution in [0.4, 0.5) is 11.6 Å². The van der Waals surface area contributed by atoms with Gasteiger partial charge in [-0.15, -0.1) is 0 Å². The molecule has 0 saturated heterocycles. The predicted molar refractivity (Wildman–Crippen MR) is 228 cm³/mol. The number of fused-ring (bicyclic) bond motifs is 14. The SMILES string of the molecule is C=C/C=C\C1=C(C)c2ccccc2C12c1ccccc1-c1c2ccc2c1nc1n2C(C)(C)C(C)(C)N1c1ccc(-c2ccccc2)c2c1oc1ccccc12. The van der Waals surface area contributed by atoms with Crippen molar-refractivity contribution in [1.29, 1.82) is 0 Å². The van der Waals surface area contributed by atoms with Gasteiger partial charge in [-0.1, -0.05) is 134 Å². The summed E-state index contributed by atoms with van der Waals surface area (Å²) < 4.78 is 9.37. The number of anilines is 2. The third-order valence-electron chi connectivity index (χ3n) is 13.4. The third-order valence-corrected chi connectivity index (χ3v) is 13.4. The van der Waals surface area contributed by atoms with Gasteiger partial charge in [-0.25, -0.2) is 4.98 Å². The molecule has 3 heterocycles. The van der Waals surface area contributed by atoms with Crippen molar-refractivity contribution in [2.45, 2.75) is 51.1 Å². The average molecular weight is 712 g/mol. The summed E-state index contributed by atoms with van der Waals surface area (Å²) in [6.07, 6.45) is 6.24. The van der Waals surface area contributed by atoms with Gasteiger partial charge in [0.25, 0.3) is 0 Å². The molecule has 0 amide bonds. The van der Waals surface area contributed by atoms with Crippen molar-refractivity contribution in [3.63, 3.8) is 0 Å². The Morgan fingerprint density at radius 1 is 0.673 bits per heavy atom. The minimum atomic E-state index is -0.462. The van der Waals surface area contributed by atoms with Gasteiger partial charge in [0, 0.05) is 16.3 Å². The zero-order valence-electron chi connectivity index (χ0n) is 31.8. The molecule has 4 heteroatoms. The molecule has 1 aliphatic heterocycles. The van der Waals surface area contributed by atoms with Crippen LogP contribution in [0.25, 0.3) is 60.8 Å². The molecule has 0 fully saturated rings. The van der Waals surface area contributed by atoms with Crippen molar-refractivity contribution in [1.82, 2.24) is 9.55 Å². The summed E-state index contributed by atoms with van der Waals surface area (Å²) in [7, 11) is 0. The van der Waals surface area contributed by atoms with E-state index in [1.807, 2.05) is 6.08 Å². The highest BCUT2D eigenvalue weighted by atomic mass is 16.3. The first kappa shape index (κ1) is 32.1. The van der Waals surface area contributed by atoms with Crippen molar-refractivity contribution in [2.75, 3.05) is 4.90 Å². The number of hydrogen-bond acceptors (Lipinski definition) is 3. The lowest BCUT2D eigenvalue weighted by molar-refractivity contribution is 0.253. The van der Waals surface area contributed by atoms with Gasteiger partial charge in [0.15, 0.2) is 5.58 Å². The number of rotatable bonds is 4. The summed E-state index contributed by atoms with van der Waals surface area (Å²) in [4.78, 5) is 8.21. The Morgan fingerprint density at radius 2 is 1.36 bits per heavy atom. The van der Waals surface area contributed by atoms with E-state index >= 15 is 0 Å². The molecule has 3 aliphatic rings. The molecule has 1 unspecified atom stereocenters. The van der Waals surface area contributed by atoms with E-state index in [2.05, 4.69) is 190 Å². The number of furan rings is 1. The molecule has 4 nitrogen and oxygen atoms in total. The van der Waals surface area contributed by atoms with Crippen LogP contribution in [-0.2, 0) is 11.0 Å². The van der Waals surface area contributed by atoms with Crippen LogP contribution in [0.1, 0.15) is 56.9 Å². The summed E-state index contributed by atoms with van der Waals surface area (Å²) in [5, 5.41) is 2.24. The first-order valence-electron chi connectivity index (χ1n) is 19.3. The summed E-state index contributed by atoms with van der Waals surface area (Å²) in [5.41, 5.74) is 16.3. The largest absolute Gasteiger partial charge is 0.454 e. The van der Waals surface area contributed by atoms with E-state index in [9.17, 15) is 0 Å². The molecule has 2 aromatic heterocycles. The van der Waals surface area contributed by atoms with Crippen molar-refractivity contribution in [3.05, 3.63) is 180 Å². The van der Waals surface area contributed by atoms with E-state index in [0.717, 1.165) is 50.2 Å². The fraction of sp³-hybridized carbons (Fsp3) is 0.157. The molecule has 11 rings (SSSR count). The summed E-state index contributed by atoms with van der Waals surface area (Å²) in [5.74, 6) is 0.927. The van der Waals surface area contributed by atoms with E-state index in [1.54, 1.807) is 0 Å². The minimum Gasteiger partial charge on any atom is -0.454 e. The third kappa shape index (κ3) is 3.79. The second-order valence-electron chi connectivity index (χ2n) is 16.3. The summed E-state index contributed by atoms with van der Waals surface area (Å²) >= 11 is 0. The molecule has 0 saturated carbocycles. The van der Waals surface area contributed by atoms with Crippen LogP contribution in [0.5, 0.6) is 0 Å². The standard InChI is InChI=1S/C51H41N3O/c1-7-8-23-37-31(2)33-20-12-15-24-38(33)51(37)39-25-16-13-21-35(39)45-40(51)28-30-41-46(45)52-48-53(41)49(3,4)50(5,6)54(48)42-29-27-34(32-18-10-9-11-19-32)44-36-22-14-17-26-43(36)55-47(42)44/h7-30H,1H2,2-6H3/b23-8-. The van der Waals surface area contributed by atoms with E-state index in [4.69, 9.17) is 9.40 Å². The van der Waals surface area contributed by atoms with Gasteiger partial charge in [-0.3, -0.25) is 0 Å². The van der Waals surface area contributed by atoms with E-state index in [1.165, 1.54) is 50.1 Å². The highest BCUT2D eigenvalue weighted by Crippen LogP contribution is 2.64. The molecule has 2 aliphatic carbocycles. The van der Waals surface area contributed by atoms with Crippen LogP contribution in [0.3, 0.4) is 0 Å². The van der Waals surface area contributed by atoms with Crippen molar-refractivity contribution < 1.29 is 4.42 Å². The highest BCUT2D eigenvalue weighted by Gasteiger charge is 2.56. The Morgan fingerprint density at radius 3 is 2.15 bits per heavy atom. The molecule has 55 heavy (non-hydrogen) atoms. The van der Waals surface area contributed by atoms with Gasteiger partial charge >= 0.3 is 0 Å². The van der Waals surface area contributed by atoms with Crippen LogP contribution >= 0.6 is 0 Å². The van der Waals surface area contributed by atoms with Crippen LogP contribution in [0, 0.1) is 0 Å². The van der Waals surface area contributed by atoms with Crippen LogP contribution in [0.15, 0.2) is 162 Å². The second-order valence-corrected chi connectivity index (χ2v) is 16.3. The zero-order valence-corrected chi connectivity index (χ0v) is 31.8. The van der Waals surface area contributed by atoms with Gasteiger partial charge < -0.3 is 13.9 Å². The molecule has 1 spiro atoms. The molecular formula is C51H41N3O. The molecule has 8 aromatic rings. The van der Waals surface area contributed by atoms with Crippen molar-refractivity contribution in [2.24, 2.45) is 0 Å². The fourth-order valence-corrected chi connectivity index (χ4v) is 10.3. The van der Waals surface area contributed by atoms with E-state index in [-0.39, 0.29) is 11.1 Å². The molecule has 0 N–H and O–H groups in total. The Bertz CT molecular complexity index is 3020. The molecular weight excluding hydrogens is 671 g/mol. The van der Waals surface area contributed by atoms with E-state index in [0.29, 0.717) is 0 Å². The first-order chi connectivity index (χ1) is 26.7. The van der Waals surface area contributed by atoms with Crippen LogP contribution in [-0.4, -0.2) is 15.1 Å². The number of hydrogen-bond donors (Lipinski definition) is 0. The Balaban J connectivity index is 1.21. The van der Waals surface area contributed by atoms with Crippen LogP contribution in [0.2, 0.25) is 0 Å². The lowest BCUT2D eigenvalue weighted by atomic mass is 9.69. The quantitative estimate of drug-likeness (QED) is 0.170. The molecule has 0 radical (unpaired) electrons. The highest BCUT2D eigenvalue weighted by molar-refractivity contribution is 6.16. The van der Waals surface area contributed by atoms with Crippen molar-refractivity contribution in [3.8, 4) is 22.3 Å². The smallest absolute Gasteiger partial charge is 0.212 e. The zero-order chi connectivity index (χ0) is 37.4. The lowest BCUT2D eigenvalue weighted by Gasteiger charge is -2.41. The Hall–Kier alpha value is -6.39. The van der Waals surface area contributed by atoms with Gasteiger partial charge in [-0.05, 0) is 103 Å². The Kier molecular flexibility index (Phi) is 6.33. The topological polar surface area (TPSA) is 34.2 Å². The van der Waals surface area contributed by atoms with Gasteiger partial charge in [0.05, 0.1) is 33.2 Å². The van der Waals surface area contributed by atoms with E-state index < -0.39 is 5.41 Å². The van der Waals surface area contributed by atoms with Gasteiger partial charge in [0.2, 0.25) is 5.95 Å². The van der Waals surface area contributed by atoms with Gasteiger partial charge in [-0.2, -0.15) is 0 Å². The monoisotopic (exact) mass is 711 g/mol. The maximum absolute atomic E-state index is 6.88. The number of aromatic nitrogens is 2. The molecule has 6 aromatic carbocycles. The number of benzene rings is 6. The van der Waals surface area contributed by atoms with Gasteiger partial charge in [0.1, 0.15) is 5.58 Å². The maximum Gasteiger partial charge on any atom is 0.212 e. The summed E-state index contributed by atoms with van der Waals surface area (Å²) in [6, 6.07) is 46.2. The molecule has 266 valence electrons. The van der Waals surface area contributed by atoms with Crippen molar-refractivity contribution >= 4 is 50.2 Å². The Labute approximate surface area is 321 Å². The number of para-hydroxylation sites is 1. The second kappa shape index (κ2) is 10.9. The predicted octanol–water partition coefficient (Wildman–Crippen LogP) is 13.1.